The number of nitrogens with one attached hydrogen (secondary N) is 1. The maximum atomic E-state index is 11.8. The monoisotopic (exact) mass is 373 g/mol. The summed E-state index contributed by atoms with van der Waals surface area (Å²) < 4.78 is 26.7. The van der Waals surface area contributed by atoms with E-state index in [0.29, 0.717) is 24.9 Å². The van der Waals surface area contributed by atoms with Crippen LogP contribution in [0.1, 0.15) is 12.8 Å². The normalized spacial score (nSPS) is 18.9. The minimum Gasteiger partial charge on any atom is -0.350 e. The van der Waals surface area contributed by atoms with Crippen molar-refractivity contribution in [3.05, 3.63) is 36.5 Å². The molecular formula is C16H19N7O2S. The number of anilines is 1. The van der Waals surface area contributed by atoms with Crippen LogP contribution >= 0.6 is 0 Å². The number of para-hydroxylation sites is 1. The van der Waals surface area contributed by atoms with E-state index in [-0.39, 0.29) is 6.04 Å². The van der Waals surface area contributed by atoms with Gasteiger partial charge in [0.2, 0.25) is 16.0 Å². The first-order valence-corrected chi connectivity index (χ1v) is 10.2. The molecule has 0 radical (unpaired) electrons. The summed E-state index contributed by atoms with van der Waals surface area (Å²) in [4.78, 5) is 8.78. The first kappa shape index (κ1) is 16.9. The number of piperidine rings is 1. The Hall–Kier alpha value is -2.59. The van der Waals surface area contributed by atoms with E-state index in [2.05, 4.69) is 25.6 Å². The minimum absolute atomic E-state index is 0.0267. The molecular weight excluding hydrogens is 354 g/mol. The van der Waals surface area contributed by atoms with E-state index in [9.17, 15) is 8.42 Å². The Morgan fingerprint density at radius 2 is 2.08 bits per heavy atom. The number of rotatable bonds is 4. The predicted octanol–water partition coefficient (Wildman–Crippen LogP) is 1.05. The molecule has 1 aliphatic heterocycles. The molecule has 1 aliphatic rings. The first-order valence-electron chi connectivity index (χ1n) is 8.36. The third-order valence-electron chi connectivity index (χ3n) is 4.40. The van der Waals surface area contributed by atoms with Crippen LogP contribution in [0.15, 0.2) is 36.5 Å². The lowest BCUT2D eigenvalue weighted by atomic mass is 10.1. The molecule has 0 bridgehead atoms. The molecule has 136 valence electrons. The topological polar surface area (TPSA) is 106 Å². The molecule has 3 aromatic rings. The smallest absolute Gasteiger partial charge is 0.224 e. The van der Waals surface area contributed by atoms with Gasteiger partial charge in [0.15, 0.2) is 5.82 Å². The fourth-order valence-corrected chi connectivity index (χ4v) is 4.03. The standard InChI is InChI=1S/C16H19N7O2S/c1-26(24,25)22-10-4-5-12(11-22)18-16-17-9-8-15(19-16)23-14-7-3-2-6-13(14)20-21-23/h2-3,6-9,12H,4-5,10-11H2,1H3,(H,17,18,19). The van der Waals surface area contributed by atoms with E-state index in [1.54, 1.807) is 16.9 Å². The van der Waals surface area contributed by atoms with Crippen molar-refractivity contribution in [1.29, 1.82) is 0 Å². The quantitative estimate of drug-likeness (QED) is 0.728. The highest BCUT2D eigenvalue weighted by Crippen LogP contribution is 2.18. The molecule has 1 aromatic carbocycles. The Bertz CT molecular complexity index is 1030. The average Bonchev–Trinajstić information content (AvgIpc) is 3.06. The molecule has 10 heteroatoms. The lowest BCUT2D eigenvalue weighted by Crippen LogP contribution is -2.44. The van der Waals surface area contributed by atoms with Crippen molar-refractivity contribution < 1.29 is 8.42 Å². The van der Waals surface area contributed by atoms with Crippen LogP contribution < -0.4 is 5.32 Å². The van der Waals surface area contributed by atoms with Crippen molar-refractivity contribution in [2.45, 2.75) is 18.9 Å². The highest BCUT2D eigenvalue weighted by molar-refractivity contribution is 7.88. The van der Waals surface area contributed by atoms with Crippen LogP contribution in [0.3, 0.4) is 0 Å². The second kappa shape index (κ2) is 6.61. The van der Waals surface area contributed by atoms with Gasteiger partial charge in [-0.05, 0) is 25.0 Å². The van der Waals surface area contributed by atoms with Crippen LogP contribution in [0, 0.1) is 0 Å². The van der Waals surface area contributed by atoms with Crippen LogP contribution in [0.5, 0.6) is 0 Å². The van der Waals surface area contributed by atoms with Crippen LogP contribution in [0.4, 0.5) is 5.95 Å². The molecule has 1 unspecified atom stereocenters. The summed E-state index contributed by atoms with van der Waals surface area (Å²) in [6, 6.07) is 9.38. The third-order valence-corrected chi connectivity index (χ3v) is 5.67. The maximum absolute atomic E-state index is 11.8. The molecule has 4 rings (SSSR count). The van der Waals surface area contributed by atoms with Crippen LogP contribution in [0.25, 0.3) is 16.9 Å². The van der Waals surface area contributed by atoms with Crippen LogP contribution in [0.2, 0.25) is 0 Å². The van der Waals surface area contributed by atoms with E-state index in [1.807, 2.05) is 24.3 Å². The zero-order valence-corrected chi connectivity index (χ0v) is 15.1. The molecule has 1 fully saturated rings. The second-order valence-electron chi connectivity index (χ2n) is 6.33. The molecule has 1 saturated heterocycles. The van der Waals surface area contributed by atoms with Gasteiger partial charge in [0, 0.05) is 31.4 Å². The van der Waals surface area contributed by atoms with Crippen molar-refractivity contribution >= 4 is 27.0 Å². The highest BCUT2D eigenvalue weighted by Gasteiger charge is 2.26. The molecule has 0 aliphatic carbocycles. The number of sulfonamides is 1. The van der Waals surface area contributed by atoms with Gasteiger partial charge in [0.25, 0.3) is 0 Å². The van der Waals surface area contributed by atoms with E-state index >= 15 is 0 Å². The van der Waals surface area contributed by atoms with Crippen molar-refractivity contribution in [2.24, 2.45) is 0 Å². The Kier molecular flexibility index (Phi) is 4.29. The highest BCUT2D eigenvalue weighted by atomic mass is 32.2. The lowest BCUT2D eigenvalue weighted by Gasteiger charge is -2.31. The molecule has 1 N–H and O–H groups in total. The fourth-order valence-electron chi connectivity index (χ4n) is 3.12. The van der Waals surface area contributed by atoms with E-state index in [0.717, 1.165) is 23.9 Å². The first-order chi connectivity index (χ1) is 12.5. The number of hydrogen-bond acceptors (Lipinski definition) is 7. The molecule has 9 nitrogen and oxygen atoms in total. The molecule has 0 amide bonds. The molecule has 2 aromatic heterocycles. The second-order valence-corrected chi connectivity index (χ2v) is 8.32. The van der Waals surface area contributed by atoms with Crippen molar-refractivity contribution in [3.63, 3.8) is 0 Å². The third kappa shape index (κ3) is 3.37. The summed E-state index contributed by atoms with van der Waals surface area (Å²) in [5.74, 6) is 1.05. The van der Waals surface area contributed by atoms with Gasteiger partial charge in [0.1, 0.15) is 5.52 Å². The number of fused-ring (bicyclic) bond motifs is 1. The summed E-state index contributed by atoms with van der Waals surface area (Å²) >= 11 is 0. The zero-order chi connectivity index (χ0) is 18.1. The minimum atomic E-state index is -3.19. The van der Waals surface area contributed by atoms with Gasteiger partial charge in [-0.3, -0.25) is 0 Å². The van der Waals surface area contributed by atoms with Crippen LogP contribution in [-0.2, 0) is 10.0 Å². The van der Waals surface area contributed by atoms with Gasteiger partial charge in [-0.2, -0.15) is 9.67 Å². The number of benzene rings is 1. The Morgan fingerprint density at radius 1 is 1.23 bits per heavy atom. The fraction of sp³-hybridized carbons (Fsp3) is 0.375. The number of aromatic nitrogens is 5. The van der Waals surface area contributed by atoms with E-state index in [1.165, 1.54) is 10.6 Å². The summed E-state index contributed by atoms with van der Waals surface area (Å²) in [7, 11) is -3.19. The average molecular weight is 373 g/mol. The largest absolute Gasteiger partial charge is 0.350 e. The molecule has 0 saturated carbocycles. The Morgan fingerprint density at radius 3 is 2.92 bits per heavy atom. The zero-order valence-electron chi connectivity index (χ0n) is 14.3. The Balaban J connectivity index is 1.57. The van der Waals surface area contributed by atoms with E-state index in [4.69, 9.17) is 0 Å². The van der Waals surface area contributed by atoms with Gasteiger partial charge in [0.05, 0.1) is 11.8 Å². The van der Waals surface area contributed by atoms with Gasteiger partial charge >= 0.3 is 0 Å². The summed E-state index contributed by atoms with van der Waals surface area (Å²) in [6.45, 7) is 0.974. The summed E-state index contributed by atoms with van der Waals surface area (Å²) in [6.07, 6.45) is 4.56. The van der Waals surface area contributed by atoms with Gasteiger partial charge in [-0.25, -0.2) is 17.7 Å². The van der Waals surface area contributed by atoms with Gasteiger partial charge in [-0.15, -0.1) is 5.10 Å². The summed E-state index contributed by atoms with van der Waals surface area (Å²) in [5, 5.41) is 11.5. The van der Waals surface area contributed by atoms with Gasteiger partial charge < -0.3 is 5.32 Å². The molecule has 1 atom stereocenters. The Labute approximate surface area is 151 Å². The van der Waals surface area contributed by atoms with Gasteiger partial charge in [-0.1, -0.05) is 17.3 Å². The summed E-state index contributed by atoms with van der Waals surface area (Å²) in [5.41, 5.74) is 1.65. The van der Waals surface area contributed by atoms with Crippen molar-refractivity contribution in [1.82, 2.24) is 29.3 Å². The lowest BCUT2D eigenvalue weighted by molar-refractivity contribution is 0.328. The van der Waals surface area contributed by atoms with Crippen LogP contribution in [-0.4, -0.2) is 63.1 Å². The predicted molar refractivity (Wildman–Crippen MR) is 97.5 cm³/mol. The van der Waals surface area contributed by atoms with E-state index < -0.39 is 10.0 Å². The molecule has 3 heterocycles. The van der Waals surface area contributed by atoms with Crippen molar-refractivity contribution in [2.75, 3.05) is 24.7 Å². The SMILES string of the molecule is CS(=O)(=O)N1CCCC(Nc2nccc(-n3nnc4ccccc43)n2)C1. The maximum Gasteiger partial charge on any atom is 0.224 e. The van der Waals surface area contributed by atoms with Crippen molar-refractivity contribution in [3.8, 4) is 5.82 Å². The molecule has 0 spiro atoms. The number of hydrogen-bond donors (Lipinski definition) is 1. The number of nitrogens with zero attached hydrogens (tertiary/aromatic N) is 6. The molecule has 26 heavy (non-hydrogen) atoms.